The Morgan fingerprint density at radius 3 is 1.44 bits per heavy atom. The number of anilines is 3. The summed E-state index contributed by atoms with van der Waals surface area (Å²) in [6.07, 6.45) is 0. The molecule has 0 amide bonds. The van der Waals surface area contributed by atoms with E-state index in [1.54, 1.807) is 24.3 Å². The van der Waals surface area contributed by atoms with Gasteiger partial charge in [-0.05, 0) is 65.2 Å². The molecular weight excluding hydrogens is 643 g/mol. The lowest BCUT2D eigenvalue weighted by Gasteiger charge is -2.53. The third-order valence-electron chi connectivity index (χ3n) is 10.1. The van der Waals surface area contributed by atoms with Crippen LogP contribution in [-0.2, 0) is 11.3 Å². The first-order valence-electron chi connectivity index (χ1n) is 17.3. The molecule has 0 bridgehead atoms. The van der Waals surface area contributed by atoms with Crippen molar-refractivity contribution in [3.8, 4) is 0 Å². The van der Waals surface area contributed by atoms with Crippen molar-refractivity contribution in [3.05, 3.63) is 238 Å². The topological polar surface area (TPSA) is 65.2 Å². The molecule has 7 aromatic carbocycles. The maximum absolute atomic E-state index is 11.8. The van der Waals surface area contributed by atoms with Gasteiger partial charge < -0.3 is 4.90 Å². The molecule has 250 valence electrons. The molecule has 1 atom stereocenters. The molecule has 0 radical (unpaired) electrons. The van der Waals surface area contributed by atoms with E-state index in [-0.39, 0.29) is 10.6 Å². The second-order valence-electron chi connectivity index (χ2n) is 12.8. The molecule has 7 aromatic rings. The Balaban J connectivity index is 1.48. The third kappa shape index (κ3) is 4.49. The Morgan fingerprint density at radius 1 is 0.481 bits per heavy atom. The van der Waals surface area contributed by atoms with E-state index in [4.69, 9.17) is 5.10 Å². The molecule has 2 aliphatic heterocycles. The Labute approximate surface area is 302 Å². The summed E-state index contributed by atoms with van der Waals surface area (Å²) in [4.78, 5) is 16.3. The van der Waals surface area contributed by atoms with E-state index in [1.807, 2.05) is 42.5 Å². The zero-order valence-corrected chi connectivity index (χ0v) is 28.1. The summed E-state index contributed by atoms with van der Waals surface area (Å²) >= 11 is 0. The lowest BCUT2D eigenvalue weighted by molar-refractivity contribution is -0.384. The van der Waals surface area contributed by atoms with Gasteiger partial charge in [-0.25, -0.2) is 5.01 Å². The number of hydrazone groups is 1. The lowest BCUT2D eigenvalue weighted by Crippen LogP contribution is -2.66. The highest BCUT2D eigenvalue weighted by atomic mass is 16.6. The minimum atomic E-state index is -1.15. The molecule has 1 spiro atoms. The van der Waals surface area contributed by atoms with Crippen molar-refractivity contribution in [1.29, 1.82) is 0 Å². The van der Waals surface area contributed by atoms with Crippen LogP contribution in [0.25, 0.3) is 0 Å². The second-order valence-corrected chi connectivity index (χ2v) is 12.8. The van der Waals surface area contributed by atoms with Gasteiger partial charge in [0.1, 0.15) is 5.54 Å². The van der Waals surface area contributed by atoms with Crippen molar-refractivity contribution in [3.63, 3.8) is 0 Å². The summed E-state index contributed by atoms with van der Waals surface area (Å²) in [5, 5.41) is 19.5. The van der Waals surface area contributed by atoms with E-state index in [9.17, 15) is 10.1 Å². The van der Waals surface area contributed by atoms with Crippen LogP contribution < -0.4 is 14.8 Å². The molecule has 0 fully saturated rings. The number of rotatable bonds is 7. The molecule has 2 heterocycles. The van der Waals surface area contributed by atoms with Gasteiger partial charge in [-0.15, -0.1) is 5.10 Å². The van der Waals surface area contributed by atoms with Crippen molar-refractivity contribution in [2.45, 2.75) is 11.3 Å². The summed E-state index contributed by atoms with van der Waals surface area (Å²) in [5.74, 6) is -0.499. The summed E-state index contributed by atoms with van der Waals surface area (Å²) in [5.41, 5.74) is 7.02. The first kappa shape index (κ1) is 31.0. The lowest BCUT2D eigenvalue weighted by atomic mass is 9.77. The van der Waals surface area contributed by atoms with E-state index in [0.29, 0.717) is 5.84 Å². The van der Waals surface area contributed by atoms with Crippen LogP contribution in [0.1, 0.15) is 27.8 Å². The Bertz CT molecular complexity index is 2350. The van der Waals surface area contributed by atoms with Gasteiger partial charge >= 0.3 is 0 Å². The van der Waals surface area contributed by atoms with Crippen molar-refractivity contribution >= 4 is 28.6 Å². The molecule has 7 heteroatoms. The number of amidine groups is 1. The van der Waals surface area contributed by atoms with Gasteiger partial charge in [-0.2, -0.15) is 0 Å². The smallest absolute Gasteiger partial charge is 0.269 e. The average Bonchev–Trinajstić information content (AvgIpc) is 3.71. The zero-order valence-electron chi connectivity index (χ0n) is 28.1. The van der Waals surface area contributed by atoms with Crippen molar-refractivity contribution < 1.29 is 4.92 Å². The molecule has 0 aromatic heterocycles. The first-order chi connectivity index (χ1) is 25.6. The summed E-state index contributed by atoms with van der Waals surface area (Å²) < 4.78 is 0. The van der Waals surface area contributed by atoms with Gasteiger partial charge in [0.25, 0.3) is 5.69 Å². The fraction of sp³-hybridized carbons (Fsp3) is 0.0444. The number of hydrogen-bond donors (Lipinski definition) is 0. The number of para-hydroxylation sites is 3. The summed E-state index contributed by atoms with van der Waals surface area (Å²) in [7, 11) is 0. The number of fused-ring (bicyclic) bond motifs is 2. The quantitative estimate of drug-likeness (QED) is 0.124. The van der Waals surface area contributed by atoms with Gasteiger partial charge in [-0.1, -0.05) is 140 Å². The maximum atomic E-state index is 11.8. The highest BCUT2D eigenvalue weighted by molar-refractivity contribution is 6.14. The fourth-order valence-corrected chi connectivity index (χ4v) is 8.10. The number of non-ortho nitro benzene ring substituents is 1. The predicted molar refractivity (Wildman–Crippen MR) is 207 cm³/mol. The number of nitrogens with zero attached hydrogens (tertiary/aromatic N) is 5. The van der Waals surface area contributed by atoms with Crippen molar-refractivity contribution in [1.82, 2.24) is 0 Å². The molecule has 0 saturated carbocycles. The fourth-order valence-electron chi connectivity index (χ4n) is 8.10. The minimum Gasteiger partial charge on any atom is -0.308 e. The largest absolute Gasteiger partial charge is 0.308 e. The van der Waals surface area contributed by atoms with Crippen LogP contribution in [0.15, 0.2) is 205 Å². The molecule has 7 nitrogen and oxygen atoms in total. The molecule has 9 rings (SSSR count). The van der Waals surface area contributed by atoms with E-state index in [1.165, 1.54) is 0 Å². The number of benzene rings is 7. The Morgan fingerprint density at radius 2 is 0.923 bits per heavy atom. The van der Waals surface area contributed by atoms with E-state index in [2.05, 4.69) is 148 Å². The van der Waals surface area contributed by atoms with Gasteiger partial charge in [0.15, 0.2) is 5.84 Å². The van der Waals surface area contributed by atoms with Crippen LogP contribution in [0.3, 0.4) is 0 Å². The van der Waals surface area contributed by atoms with Crippen molar-refractivity contribution in [2.75, 3.05) is 14.8 Å². The number of nitro groups is 1. The van der Waals surface area contributed by atoms with Gasteiger partial charge in [0.2, 0.25) is 5.79 Å². The predicted octanol–water partition coefficient (Wildman–Crippen LogP) is 9.91. The SMILES string of the molecule is O=[N+]([O-])c1ccc(C2=NN(c3ccccc3)[C@]3(c4ccccc4C(c4ccccc4)(c4ccccc4)N3c3ccccc3)N2c2ccccc2)cc1. The van der Waals surface area contributed by atoms with Crippen LogP contribution in [-0.4, -0.2) is 10.8 Å². The first-order valence-corrected chi connectivity index (χ1v) is 17.3. The highest BCUT2D eigenvalue weighted by Gasteiger charge is 2.68. The normalized spacial score (nSPS) is 17.2. The summed E-state index contributed by atoms with van der Waals surface area (Å²) in [6, 6.07) is 67.9. The van der Waals surface area contributed by atoms with Gasteiger partial charge in [0.05, 0.1) is 10.6 Å². The molecule has 0 unspecified atom stereocenters. The summed E-state index contributed by atoms with van der Waals surface area (Å²) in [6.45, 7) is 0. The van der Waals surface area contributed by atoms with Crippen LogP contribution in [0.5, 0.6) is 0 Å². The molecule has 0 N–H and O–H groups in total. The van der Waals surface area contributed by atoms with E-state index in [0.717, 1.165) is 44.9 Å². The van der Waals surface area contributed by atoms with Crippen LogP contribution in [0.2, 0.25) is 0 Å². The van der Waals surface area contributed by atoms with Crippen molar-refractivity contribution in [2.24, 2.45) is 5.10 Å². The monoisotopic (exact) mass is 675 g/mol. The Kier molecular flexibility index (Phi) is 7.40. The van der Waals surface area contributed by atoms with Gasteiger partial charge in [-0.3, -0.25) is 15.0 Å². The highest BCUT2D eigenvalue weighted by Crippen LogP contribution is 2.63. The molecule has 0 saturated heterocycles. The average molecular weight is 676 g/mol. The van der Waals surface area contributed by atoms with Crippen LogP contribution in [0.4, 0.5) is 22.7 Å². The Hall–Kier alpha value is -6.99. The number of hydrogen-bond acceptors (Lipinski definition) is 6. The second kappa shape index (κ2) is 12.4. The van der Waals surface area contributed by atoms with Crippen LogP contribution in [0, 0.1) is 10.1 Å². The molecular formula is C45H33N5O2. The third-order valence-corrected chi connectivity index (χ3v) is 10.1. The van der Waals surface area contributed by atoms with Gasteiger partial charge in [0, 0.05) is 34.6 Å². The minimum absolute atomic E-state index is 0.0209. The van der Waals surface area contributed by atoms with E-state index < -0.39 is 11.3 Å². The van der Waals surface area contributed by atoms with Crippen LogP contribution >= 0.6 is 0 Å². The molecule has 2 aliphatic rings. The van der Waals surface area contributed by atoms with E-state index >= 15 is 0 Å². The zero-order chi connectivity index (χ0) is 35.1. The maximum Gasteiger partial charge on any atom is 0.269 e. The number of nitro benzene ring substituents is 1. The molecule has 52 heavy (non-hydrogen) atoms. The standard InChI is InChI=1S/C45H33N5O2/c51-50(52)40-32-30-34(31-33-40)43-46-49(39-26-14-5-15-27-39)45(47(43)37-22-10-3-11-23-37)42-29-17-16-28-41(42)44(35-18-6-1-7-19-35,36-20-8-2-9-21-36)48(45)38-24-12-4-13-25-38/h1-33H/t45-/m1/s1. The molecule has 0 aliphatic carbocycles.